The van der Waals surface area contributed by atoms with Crippen molar-refractivity contribution in [3.63, 3.8) is 0 Å². The van der Waals surface area contributed by atoms with Gasteiger partial charge in [0, 0.05) is 29.7 Å². The highest BCUT2D eigenvalue weighted by molar-refractivity contribution is 5.95. The highest BCUT2D eigenvalue weighted by Gasteiger charge is 2.33. The molecule has 3 rings (SSSR count). The van der Waals surface area contributed by atoms with Gasteiger partial charge in [-0.05, 0) is 49.4 Å². The molecule has 2 amide bonds. The highest BCUT2D eigenvalue weighted by atomic mass is 16.2. The van der Waals surface area contributed by atoms with Crippen molar-refractivity contribution in [3.05, 3.63) is 48.5 Å². The molecule has 1 fully saturated rings. The predicted molar refractivity (Wildman–Crippen MR) is 114 cm³/mol. The first-order valence-electron chi connectivity index (χ1n) is 10.6. The number of imidazole rings is 1. The molecule has 3 atom stereocenters. The van der Waals surface area contributed by atoms with Crippen LogP contribution in [0.3, 0.4) is 0 Å². The molecule has 0 saturated heterocycles. The Hall–Kier alpha value is -3.14. The maximum Gasteiger partial charge on any atom is 0.251 e. The van der Waals surface area contributed by atoms with Crippen LogP contribution in [0.1, 0.15) is 56.3 Å². The molecule has 158 valence electrons. The summed E-state index contributed by atoms with van der Waals surface area (Å²) in [6.07, 6.45) is 9.27. The zero-order valence-corrected chi connectivity index (χ0v) is 17.5. The summed E-state index contributed by atoms with van der Waals surface area (Å²) in [4.78, 5) is 29.6. The first-order chi connectivity index (χ1) is 14.5. The van der Waals surface area contributed by atoms with Crippen LogP contribution in [0.5, 0.6) is 0 Å². The average Bonchev–Trinajstić information content (AvgIpc) is 3.28. The maximum absolute atomic E-state index is 12.8. The molecule has 2 aromatic rings. The Morgan fingerprint density at radius 2 is 1.97 bits per heavy atom. The second kappa shape index (κ2) is 10.1. The lowest BCUT2D eigenvalue weighted by Gasteiger charge is -2.32. The molecule has 1 aromatic heterocycles. The van der Waals surface area contributed by atoms with Crippen molar-refractivity contribution in [1.29, 1.82) is 5.26 Å². The molecule has 0 unspecified atom stereocenters. The third-order valence-corrected chi connectivity index (χ3v) is 5.53. The Kier molecular flexibility index (Phi) is 7.23. The second-order valence-electron chi connectivity index (χ2n) is 8.31. The number of hydrogen-bond acceptors (Lipinski definition) is 4. The number of nitriles is 1. The lowest BCUT2D eigenvalue weighted by molar-refractivity contribution is -0.127. The van der Waals surface area contributed by atoms with Gasteiger partial charge in [0.15, 0.2) is 0 Å². The van der Waals surface area contributed by atoms with Crippen LogP contribution in [0.15, 0.2) is 43.0 Å². The molecule has 0 bridgehead atoms. The number of hydrogen-bond donors (Lipinski definition) is 2. The van der Waals surface area contributed by atoms with E-state index in [0.717, 1.165) is 31.4 Å². The summed E-state index contributed by atoms with van der Waals surface area (Å²) >= 11 is 0. The number of benzene rings is 1. The van der Waals surface area contributed by atoms with Crippen LogP contribution in [0.2, 0.25) is 0 Å². The summed E-state index contributed by atoms with van der Waals surface area (Å²) in [5, 5.41) is 15.3. The van der Waals surface area contributed by atoms with E-state index < -0.39 is 6.04 Å². The van der Waals surface area contributed by atoms with E-state index in [4.69, 9.17) is 0 Å². The maximum atomic E-state index is 12.8. The second-order valence-corrected chi connectivity index (χ2v) is 8.31. The summed E-state index contributed by atoms with van der Waals surface area (Å²) in [7, 11) is 0. The van der Waals surface area contributed by atoms with E-state index >= 15 is 0 Å². The number of nitrogens with one attached hydrogen (secondary N) is 2. The van der Waals surface area contributed by atoms with Crippen LogP contribution in [-0.4, -0.2) is 33.4 Å². The fraction of sp³-hybridized carbons (Fsp3) is 0.478. The van der Waals surface area contributed by atoms with Gasteiger partial charge >= 0.3 is 0 Å². The van der Waals surface area contributed by atoms with Crippen molar-refractivity contribution in [3.8, 4) is 11.8 Å². The Morgan fingerprint density at radius 3 is 2.60 bits per heavy atom. The standard InChI is InChI=1S/C23H29N5O2/c1-16(2)13-18(14-24)26-23(30)20-5-3-4-6-21(20)27-22(29)17-7-9-19(10-8-17)28-12-11-25-15-28/h7-12,15-16,18,20-21H,3-6,13H2,1-2H3,(H,26,30)(H,27,29)/t18-,20+,21-/m0/s1. The number of nitrogens with zero attached hydrogens (tertiary/aromatic N) is 3. The highest BCUT2D eigenvalue weighted by Crippen LogP contribution is 2.25. The third-order valence-electron chi connectivity index (χ3n) is 5.53. The van der Waals surface area contributed by atoms with Crippen molar-refractivity contribution in [1.82, 2.24) is 20.2 Å². The zero-order chi connectivity index (χ0) is 21.5. The van der Waals surface area contributed by atoms with E-state index in [9.17, 15) is 14.9 Å². The lowest BCUT2D eigenvalue weighted by Crippen LogP contribution is -2.50. The number of amides is 2. The van der Waals surface area contributed by atoms with E-state index in [1.807, 2.05) is 36.7 Å². The van der Waals surface area contributed by atoms with Crippen molar-refractivity contribution in [2.45, 2.75) is 58.0 Å². The smallest absolute Gasteiger partial charge is 0.251 e. The van der Waals surface area contributed by atoms with Crippen LogP contribution in [-0.2, 0) is 4.79 Å². The van der Waals surface area contributed by atoms with Crippen LogP contribution in [0.25, 0.3) is 5.69 Å². The topological polar surface area (TPSA) is 99.8 Å². The average molecular weight is 408 g/mol. The molecule has 0 spiro atoms. The van der Waals surface area contributed by atoms with Crippen molar-refractivity contribution in [2.75, 3.05) is 0 Å². The van der Waals surface area contributed by atoms with Gasteiger partial charge in [0.1, 0.15) is 6.04 Å². The fourth-order valence-corrected chi connectivity index (χ4v) is 3.96. The molecule has 0 radical (unpaired) electrons. The van der Waals surface area contributed by atoms with Gasteiger partial charge in [-0.15, -0.1) is 0 Å². The first kappa shape index (κ1) is 21.6. The molecule has 30 heavy (non-hydrogen) atoms. The largest absolute Gasteiger partial charge is 0.349 e. The van der Waals surface area contributed by atoms with E-state index in [0.29, 0.717) is 17.9 Å². The van der Waals surface area contributed by atoms with Crippen molar-refractivity contribution in [2.24, 2.45) is 11.8 Å². The summed E-state index contributed by atoms with van der Waals surface area (Å²) < 4.78 is 1.87. The quantitative estimate of drug-likeness (QED) is 0.736. The molecule has 7 heteroatoms. The van der Waals surface area contributed by atoms with E-state index in [2.05, 4.69) is 21.7 Å². The Morgan fingerprint density at radius 1 is 1.23 bits per heavy atom. The summed E-state index contributed by atoms with van der Waals surface area (Å²) in [6.45, 7) is 4.05. The van der Waals surface area contributed by atoms with Gasteiger partial charge in [0.2, 0.25) is 5.91 Å². The van der Waals surface area contributed by atoms with Gasteiger partial charge in [0.25, 0.3) is 5.91 Å². The minimum Gasteiger partial charge on any atom is -0.349 e. The molecule has 1 aromatic carbocycles. The van der Waals surface area contributed by atoms with Crippen molar-refractivity contribution < 1.29 is 9.59 Å². The molecule has 2 N–H and O–H groups in total. The summed E-state index contributed by atoms with van der Waals surface area (Å²) in [5.74, 6) is -0.309. The van der Waals surface area contributed by atoms with Gasteiger partial charge in [-0.1, -0.05) is 26.7 Å². The molecule has 1 saturated carbocycles. The number of rotatable bonds is 7. The Labute approximate surface area is 177 Å². The minimum absolute atomic E-state index is 0.136. The van der Waals surface area contributed by atoms with Gasteiger partial charge in [0.05, 0.1) is 18.3 Å². The van der Waals surface area contributed by atoms with Crippen LogP contribution >= 0.6 is 0 Å². The van der Waals surface area contributed by atoms with Gasteiger partial charge < -0.3 is 15.2 Å². The van der Waals surface area contributed by atoms with Gasteiger partial charge in [-0.3, -0.25) is 9.59 Å². The number of carbonyl (C=O) groups excluding carboxylic acids is 2. The van der Waals surface area contributed by atoms with E-state index in [-0.39, 0.29) is 23.8 Å². The minimum atomic E-state index is -0.494. The predicted octanol–water partition coefficient (Wildman–Crippen LogP) is 3.22. The van der Waals surface area contributed by atoms with Gasteiger partial charge in [-0.25, -0.2) is 4.98 Å². The van der Waals surface area contributed by atoms with Crippen LogP contribution < -0.4 is 10.6 Å². The molecule has 1 heterocycles. The number of carbonyl (C=O) groups is 2. The lowest BCUT2D eigenvalue weighted by atomic mass is 9.83. The third kappa shape index (κ3) is 5.47. The molecular weight excluding hydrogens is 378 g/mol. The normalized spacial score (nSPS) is 19.7. The number of aromatic nitrogens is 2. The molecule has 1 aliphatic rings. The Bertz CT molecular complexity index is 883. The molecule has 0 aliphatic heterocycles. The summed E-state index contributed by atoms with van der Waals surface area (Å²) in [6, 6.07) is 8.74. The van der Waals surface area contributed by atoms with E-state index in [1.165, 1.54) is 0 Å². The van der Waals surface area contributed by atoms with Crippen LogP contribution in [0.4, 0.5) is 0 Å². The monoisotopic (exact) mass is 407 g/mol. The summed E-state index contributed by atoms with van der Waals surface area (Å²) in [5.41, 5.74) is 1.48. The molecule has 7 nitrogen and oxygen atoms in total. The van der Waals surface area contributed by atoms with Crippen LogP contribution in [0, 0.1) is 23.2 Å². The SMILES string of the molecule is CC(C)C[C@@H](C#N)NC(=O)[C@@H]1CCCC[C@@H]1NC(=O)c1ccc(-n2ccnc2)cc1. The molecule has 1 aliphatic carbocycles. The van der Waals surface area contributed by atoms with E-state index in [1.54, 1.807) is 24.7 Å². The first-order valence-corrected chi connectivity index (χ1v) is 10.6. The molecular formula is C23H29N5O2. The Balaban J connectivity index is 1.64. The zero-order valence-electron chi connectivity index (χ0n) is 17.5. The fourth-order valence-electron chi connectivity index (χ4n) is 3.96. The van der Waals surface area contributed by atoms with Crippen molar-refractivity contribution >= 4 is 11.8 Å². The van der Waals surface area contributed by atoms with Gasteiger partial charge in [-0.2, -0.15) is 5.26 Å².